The van der Waals surface area contributed by atoms with Crippen molar-refractivity contribution < 1.29 is 14.6 Å². The fourth-order valence-corrected chi connectivity index (χ4v) is 3.38. The summed E-state index contributed by atoms with van der Waals surface area (Å²) in [6.07, 6.45) is 8.17. The Morgan fingerprint density at radius 1 is 1.26 bits per heavy atom. The molecule has 0 amide bonds. The maximum absolute atomic E-state index is 10.6. The van der Waals surface area contributed by atoms with Crippen molar-refractivity contribution in [1.29, 1.82) is 0 Å². The van der Waals surface area contributed by atoms with E-state index < -0.39 is 5.97 Å². The van der Waals surface area contributed by atoms with E-state index in [-0.39, 0.29) is 0 Å². The predicted molar refractivity (Wildman–Crippen MR) is 73.0 cm³/mol. The van der Waals surface area contributed by atoms with Gasteiger partial charge in [0.15, 0.2) is 0 Å². The molecule has 3 nitrogen and oxygen atoms in total. The molecule has 0 radical (unpaired) electrons. The Hall–Kier alpha value is -1.77. The molecule has 19 heavy (non-hydrogen) atoms. The van der Waals surface area contributed by atoms with Crippen molar-refractivity contribution in [3.05, 3.63) is 35.9 Å². The Kier molecular flexibility index (Phi) is 3.28. The first kappa shape index (κ1) is 12.3. The summed E-state index contributed by atoms with van der Waals surface area (Å²) in [4.78, 5) is 10.6. The van der Waals surface area contributed by atoms with Gasteiger partial charge in [-0.15, -0.1) is 0 Å². The Bertz CT molecular complexity index is 506. The molecule has 3 atom stereocenters. The average Bonchev–Trinajstić information content (AvgIpc) is 3.00. The summed E-state index contributed by atoms with van der Waals surface area (Å²) in [5.41, 5.74) is 0.840. The summed E-state index contributed by atoms with van der Waals surface area (Å²) in [6, 6.07) is 7.64. The molecular formula is C16H18O3. The van der Waals surface area contributed by atoms with Crippen LogP contribution in [0.2, 0.25) is 0 Å². The highest BCUT2D eigenvalue weighted by Crippen LogP contribution is 2.46. The van der Waals surface area contributed by atoms with E-state index in [0.29, 0.717) is 12.0 Å². The Morgan fingerprint density at radius 3 is 2.79 bits per heavy atom. The van der Waals surface area contributed by atoms with Crippen molar-refractivity contribution in [3.63, 3.8) is 0 Å². The number of carboxylic acid groups (broad SMARTS) is 1. The topological polar surface area (TPSA) is 46.5 Å². The Balaban J connectivity index is 1.75. The zero-order chi connectivity index (χ0) is 13.2. The number of ether oxygens (including phenoxy) is 1. The molecule has 2 aliphatic rings. The van der Waals surface area contributed by atoms with Crippen LogP contribution in [-0.2, 0) is 4.79 Å². The van der Waals surface area contributed by atoms with Gasteiger partial charge in [-0.1, -0.05) is 18.2 Å². The van der Waals surface area contributed by atoms with Crippen LogP contribution in [0.4, 0.5) is 0 Å². The van der Waals surface area contributed by atoms with Crippen LogP contribution in [0.25, 0.3) is 6.08 Å². The minimum atomic E-state index is -0.935. The van der Waals surface area contributed by atoms with Crippen LogP contribution in [0.15, 0.2) is 30.3 Å². The molecule has 1 aromatic rings. The van der Waals surface area contributed by atoms with Gasteiger partial charge in [0.1, 0.15) is 11.9 Å². The van der Waals surface area contributed by atoms with Gasteiger partial charge in [-0.3, -0.25) is 0 Å². The molecule has 1 N–H and O–H groups in total. The number of fused-ring (bicyclic) bond motifs is 2. The lowest BCUT2D eigenvalue weighted by Crippen LogP contribution is -2.23. The van der Waals surface area contributed by atoms with Gasteiger partial charge in [0.25, 0.3) is 0 Å². The quantitative estimate of drug-likeness (QED) is 0.842. The van der Waals surface area contributed by atoms with Gasteiger partial charge in [-0.05, 0) is 49.7 Å². The number of carboxylic acids is 1. The summed E-state index contributed by atoms with van der Waals surface area (Å²) in [5.74, 6) is 1.41. The van der Waals surface area contributed by atoms with Gasteiger partial charge in [-0.2, -0.15) is 0 Å². The van der Waals surface area contributed by atoms with Crippen molar-refractivity contribution in [1.82, 2.24) is 0 Å². The summed E-state index contributed by atoms with van der Waals surface area (Å²) in [7, 11) is 0. The van der Waals surface area contributed by atoms with Crippen molar-refractivity contribution in [2.24, 2.45) is 11.8 Å². The molecule has 3 unspecified atom stereocenters. The molecule has 3 rings (SSSR count). The molecule has 1 aromatic carbocycles. The van der Waals surface area contributed by atoms with Gasteiger partial charge in [-0.25, -0.2) is 4.79 Å². The lowest BCUT2D eigenvalue weighted by atomic mass is 9.97. The fourth-order valence-electron chi connectivity index (χ4n) is 3.38. The van der Waals surface area contributed by atoms with E-state index >= 15 is 0 Å². The zero-order valence-electron chi connectivity index (χ0n) is 10.8. The van der Waals surface area contributed by atoms with Crippen LogP contribution < -0.4 is 4.74 Å². The van der Waals surface area contributed by atoms with E-state index in [1.807, 2.05) is 24.3 Å². The van der Waals surface area contributed by atoms with Crippen LogP contribution in [0.3, 0.4) is 0 Å². The number of aliphatic carboxylic acids is 1. The third-order valence-electron chi connectivity index (χ3n) is 4.28. The SMILES string of the molecule is O=C(O)/C=C/c1ccccc1OC1CC2CCC1C2. The molecule has 3 heteroatoms. The predicted octanol–water partition coefficient (Wildman–Crippen LogP) is 3.35. The van der Waals surface area contributed by atoms with E-state index in [2.05, 4.69) is 0 Å². The summed E-state index contributed by atoms with van der Waals surface area (Å²) < 4.78 is 6.13. The monoisotopic (exact) mass is 258 g/mol. The van der Waals surface area contributed by atoms with Gasteiger partial charge >= 0.3 is 5.97 Å². The van der Waals surface area contributed by atoms with Gasteiger partial charge < -0.3 is 9.84 Å². The molecule has 2 bridgehead atoms. The maximum atomic E-state index is 10.6. The maximum Gasteiger partial charge on any atom is 0.328 e. The largest absolute Gasteiger partial charge is 0.490 e. The lowest BCUT2D eigenvalue weighted by molar-refractivity contribution is -0.131. The van der Waals surface area contributed by atoms with E-state index in [1.54, 1.807) is 6.08 Å². The van der Waals surface area contributed by atoms with Gasteiger partial charge in [0.2, 0.25) is 0 Å². The fraction of sp³-hybridized carbons (Fsp3) is 0.438. The van der Waals surface area contributed by atoms with Crippen molar-refractivity contribution in [2.75, 3.05) is 0 Å². The van der Waals surface area contributed by atoms with E-state index in [0.717, 1.165) is 29.7 Å². The van der Waals surface area contributed by atoms with Crippen molar-refractivity contribution in [2.45, 2.75) is 31.8 Å². The van der Waals surface area contributed by atoms with Gasteiger partial charge in [0, 0.05) is 11.6 Å². The van der Waals surface area contributed by atoms with Crippen molar-refractivity contribution >= 4 is 12.0 Å². The zero-order valence-corrected chi connectivity index (χ0v) is 10.8. The molecule has 2 aliphatic carbocycles. The molecule has 0 heterocycles. The molecule has 0 spiro atoms. The van der Waals surface area contributed by atoms with Crippen molar-refractivity contribution in [3.8, 4) is 5.75 Å². The van der Waals surface area contributed by atoms with Crippen LogP contribution in [0.1, 0.15) is 31.2 Å². The number of hydrogen-bond acceptors (Lipinski definition) is 2. The number of para-hydroxylation sites is 1. The highest BCUT2D eigenvalue weighted by Gasteiger charge is 2.41. The summed E-state index contributed by atoms with van der Waals surface area (Å²) >= 11 is 0. The smallest absolute Gasteiger partial charge is 0.328 e. The van der Waals surface area contributed by atoms with Crippen LogP contribution in [-0.4, -0.2) is 17.2 Å². The first-order valence-electron chi connectivity index (χ1n) is 6.89. The number of benzene rings is 1. The third kappa shape index (κ3) is 2.65. The summed E-state index contributed by atoms with van der Waals surface area (Å²) in [5, 5.41) is 8.71. The van der Waals surface area contributed by atoms with Crippen LogP contribution in [0, 0.1) is 11.8 Å². The second-order valence-electron chi connectivity index (χ2n) is 5.54. The molecule has 0 saturated heterocycles. The van der Waals surface area contributed by atoms with E-state index in [4.69, 9.17) is 9.84 Å². The number of carbonyl (C=O) groups is 1. The van der Waals surface area contributed by atoms with E-state index in [9.17, 15) is 4.79 Å². The van der Waals surface area contributed by atoms with Gasteiger partial charge in [0.05, 0.1) is 0 Å². The van der Waals surface area contributed by atoms with Crippen LogP contribution in [0.5, 0.6) is 5.75 Å². The first-order chi connectivity index (χ1) is 9.22. The van der Waals surface area contributed by atoms with Crippen LogP contribution >= 0.6 is 0 Å². The lowest BCUT2D eigenvalue weighted by Gasteiger charge is -2.24. The number of hydrogen-bond donors (Lipinski definition) is 1. The Labute approximate surface area is 112 Å². The molecular weight excluding hydrogens is 240 g/mol. The second kappa shape index (κ2) is 5.08. The molecule has 0 aromatic heterocycles. The third-order valence-corrected chi connectivity index (χ3v) is 4.28. The molecule has 100 valence electrons. The molecule has 0 aliphatic heterocycles. The van der Waals surface area contributed by atoms with E-state index in [1.165, 1.54) is 19.3 Å². The average molecular weight is 258 g/mol. The highest BCUT2D eigenvalue weighted by atomic mass is 16.5. The summed E-state index contributed by atoms with van der Waals surface area (Å²) in [6.45, 7) is 0. The highest BCUT2D eigenvalue weighted by molar-refractivity contribution is 5.85. The normalized spacial score (nSPS) is 28.9. The molecule has 2 fully saturated rings. The molecule has 2 saturated carbocycles. The second-order valence-corrected chi connectivity index (χ2v) is 5.54. The Morgan fingerprint density at radius 2 is 2.11 bits per heavy atom. The number of rotatable bonds is 4. The minimum Gasteiger partial charge on any atom is -0.490 e. The standard InChI is InChI=1S/C16H18O3/c17-16(18)8-7-12-3-1-2-4-14(12)19-15-10-11-5-6-13(15)9-11/h1-4,7-8,11,13,15H,5-6,9-10H2,(H,17,18)/b8-7+. The first-order valence-corrected chi connectivity index (χ1v) is 6.89. The minimum absolute atomic E-state index is 0.318.